The summed E-state index contributed by atoms with van der Waals surface area (Å²) >= 11 is 7.99. The number of halogens is 1. The fourth-order valence-corrected chi connectivity index (χ4v) is 3.10. The van der Waals surface area contributed by atoms with E-state index in [0.717, 1.165) is 6.42 Å². The summed E-state index contributed by atoms with van der Waals surface area (Å²) in [4.78, 5) is 0. The van der Waals surface area contributed by atoms with Crippen LogP contribution in [-0.2, 0) is 6.42 Å². The van der Waals surface area contributed by atoms with Crippen molar-refractivity contribution in [2.75, 3.05) is 0 Å². The van der Waals surface area contributed by atoms with Gasteiger partial charge in [-0.25, -0.2) is 0 Å². The lowest BCUT2D eigenvalue weighted by Gasteiger charge is -2.04. The van der Waals surface area contributed by atoms with Gasteiger partial charge in [0.05, 0.1) is 5.38 Å². The van der Waals surface area contributed by atoms with E-state index in [0.29, 0.717) is 0 Å². The molecule has 0 spiro atoms. The first-order valence-electron chi connectivity index (χ1n) is 5.69. The molecule has 15 heavy (non-hydrogen) atoms. The SMILES string of the molecule is ClC1C=C(CCc2ccsc2)CCCC1. The van der Waals surface area contributed by atoms with Gasteiger partial charge in [-0.05, 0) is 54.5 Å². The Labute approximate surface area is 101 Å². The summed E-state index contributed by atoms with van der Waals surface area (Å²) in [7, 11) is 0. The van der Waals surface area contributed by atoms with Crippen molar-refractivity contribution >= 4 is 22.9 Å². The maximum atomic E-state index is 6.20. The quantitative estimate of drug-likeness (QED) is 0.527. The van der Waals surface area contributed by atoms with Crippen LogP contribution in [0.3, 0.4) is 0 Å². The molecule has 2 rings (SSSR count). The Hall–Kier alpha value is -0.270. The number of thiophene rings is 1. The van der Waals surface area contributed by atoms with Crippen LogP contribution in [0.5, 0.6) is 0 Å². The molecule has 0 N–H and O–H groups in total. The molecule has 1 heterocycles. The molecule has 0 bridgehead atoms. The van der Waals surface area contributed by atoms with Gasteiger partial charge in [0.1, 0.15) is 0 Å². The average molecular weight is 241 g/mol. The Morgan fingerprint density at radius 2 is 2.27 bits per heavy atom. The van der Waals surface area contributed by atoms with Crippen molar-refractivity contribution in [3.05, 3.63) is 34.0 Å². The van der Waals surface area contributed by atoms with E-state index < -0.39 is 0 Å². The lowest BCUT2D eigenvalue weighted by molar-refractivity contribution is 0.704. The zero-order valence-electron chi connectivity index (χ0n) is 8.92. The van der Waals surface area contributed by atoms with Gasteiger partial charge in [-0.2, -0.15) is 11.3 Å². The van der Waals surface area contributed by atoms with Crippen molar-refractivity contribution in [2.24, 2.45) is 0 Å². The van der Waals surface area contributed by atoms with Gasteiger partial charge in [-0.15, -0.1) is 11.6 Å². The minimum Gasteiger partial charge on any atom is -0.152 e. The summed E-state index contributed by atoms with van der Waals surface area (Å²) in [6.07, 6.45) is 9.68. The maximum absolute atomic E-state index is 6.20. The van der Waals surface area contributed by atoms with E-state index in [-0.39, 0.29) is 5.38 Å². The van der Waals surface area contributed by atoms with Gasteiger partial charge in [-0.1, -0.05) is 18.1 Å². The molecule has 1 aromatic rings. The first-order valence-corrected chi connectivity index (χ1v) is 7.07. The van der Waals surface area contributed by atoms with Crippen LogP contribution in [0, 0.1) is 0 Å². The fourth-order valence-electron chi connectivity index (χ4n) is 2.06. The zero-order valence-corrected chi connectivity index (χ0v) is 10.5. The van der Waals surface area contributed by atoms with Crippen molar-refractivity contribution in [1.29, 1.82) is 0 Å². The second kappa shape index (κ2) is 5.72. The second-order valence-corrected chi connectivity index (χ2v) is 5.56. The predicted molar refractivity (Wildman–Crippen MR) is 68.8 cm³/mol. The van der Waals surface area contributed by atoms with E-state index in [1.807, 2.05) is 0 Å². The molecule has 0 aliphatic heterocycles. The van der Waals surface area contributed by atoms with Crippen LogP contribution >= 0.6 is 22.9 Å². The molecule has 1 aliphatic carbocycles. The van der Waals surface area contributed by atoms with Gasteiger partial charge in [0.15, 0.2) is 0 Å². The molecule has 1 aromatic heterocycles. The lowest BCUT2D eigenvalue weighted by atomic mass is 10.0. The van der Waals surface area contributed by atoms with Gasteiger partial charge < -0.3 is 0 Å². The third-order valence-electron chi connectivity index (χ3n) is 2.96. The predicted octanol–water partition coefficient (Wildman–Crippen LogP) is 4.79. The molecule has 1 unspecified atom stereocenters. The highest BCUT2D eigenvalue weighted by molar-refractivity contribution is 7.07. The second-order valence-electron chi connectivity index (χ2n) is 4.22. The topological polar surface area (TPSA) is 0 Å². The van der Waals surface area contributed by atoms with Crippen LogP contribution in [0.2, 0.25) is 0 Å². The molecular formula is C13H17ClS. The van der Waals surface area contributed by atoms with E-state index >= 15 is 0 Å². The van der Waals surface area contributed by atoms with Crippen LogP contribution in [0.1, 0.15) is 37.7 Å². The molecule has 0 saturated carbocycles. The molecule has 0 radical (unpaired) electrons. The fraction of sp³-hybridized carbons (Fsp3) is 0.538. The molecular weight excluding hydrogens is 224 g/mol. The largest absolute Gasteiger partial charge is 0.152 e. The summed E-state index contributed by atoms with van der Waals surface area (Å²) in [6, 6.07) is 2.22. The molecule has 1 atom stereocenters. The number of hydrogen-bond acceptors (Lipinski definition) is 1. The molecule has 0 nitrogen and oxygen atoms in total. The van der Waals surface area contributed by atoms with Crippen molar-refractivity contribution in [2.45, 2.75) is 43.9 Å². The minimum atomic E-state index is 0.282. The maximum Gasteiger partial charge on any atom is 0.0518 e. The van der Waals surface area contributed by atoms with Crippen molar-refractivity contribution in [3.63, 3.8) is 0 Å². The summed E-state index contributed by atoms with van der Waals surface area (Å²) in [6.45, 7) is 0. The van der Waals surface area contributed by atoms with Crippen molar-refractivity contribution in [1.82, 2.24) is 0 Å². The molecule has 0 aromatic carbocycles. The molecule has 1 aliphatic rings. The summed E-state index contributed by atoms with van der Waals surface area (Å²) in [5.74, 6) is 0. The number of hydrogen-bond donors (Lipinski definition) is 0. The lowest BCUT2D eigenvalue weighted by Crippen LogP contribution is -1.92. The first-order chi connectivity index (χ1) is 7.34. The Bertz CT molecular complexity index is 313. The Balaban J connectivity index is 1.87. The number of rotatable bonds is 3. The van der Waals surface area contributed by atoms with Crippen LogP contribution < -0.4 is 0 Å². The molecule has 0 saturated heterocycles. The number of aryl methyl sites for hydroxylation is 1. The Morgan fingerprint density at radius 3 is 3.07 bits per heavy atom. The van der Waals surface area contributed by atoms with E-state index in [1.165, 1.54) is 37.7 Å². The normalized spacial score (nSPS) is 22.2. The van der Waals surface area contributed by atoms with Crippen LogP contribution in [0.15, 0.2) is 28.5 Å². The Morgan fingerprint density at radius 1 is 1.33 bits per heavy atom. The highest BCUT2D eigenvalue weighted by Gasteiger charge is 2.09. The van der Waals surface area contributed by atoms with E-state index in [1.54, 1.807) is 16.9 Å². The third-order valence-corrected chi connectivity index (χ3v) is 4.04. The molecule has 82 valence electrons. The highest BCUT2D eigenvalue weighted by Crippen LogP contribution is 2.24. The van der Waals surface area contributed by atoms with Gasteiger partial charge in [0, 0.05) is 0 Å². The molecule has 0 amide bonds. The number of alkyl halides is 1. The van der Waals surface area contributed by atoms with Crippen LogP contribution in [-0.4, -0.2) is 5.38 Å². The summed E-state index contributed by atoms with van der Waals surface area (Å²) in [5, 5.41) is 4.68. The van der Waals surface area contributed by atoms with Gasteiger partial charge in [-0.3, -0.25) is 0 Å². The smallest absolute Gasteiger partial charge is 0.0518 e. The van der Waals surface area contributed by atoms with E-state index in [9.17, 15) is 0 Å². The van der Waals surface area contributed by atoms with Crippen LogP contribution in [0.25, 0.3) is 0 Å². The first kappa shape index (κ1) is 11.2. The standard InChI is InChI=1S/C13H17ClS/c14-13-4-2-1-3-11(9-13)5-6-12-7-8-15-10-12/h7-10,13H,1-6H2. The average Bonchev–Trinajstić information content (AvgIpc) is 2.65. The van der Waals surface area contributed by atoms with Gasteiger partial charge in [0.25, 0.3) is 0 Å². The monoisotopic (exact) mass is 240 g/mol. The zero-order chi connectivity index (χ0) is 10.5. The Kier molecular flexibility index (Phi) is 4.28. The summed E-state index contributed by atoms with van der Waals surface area (Å²) in [5.41, 5.74) is 3.04. The minimum absolute atomic E-state index is 0.282. The molecule has 2 heteroatoms. The third kappa shape index (κ3) is 3.66. The van der Waals surface area contributed by atoms with E-state index in [4.69, 9.17) is 11.6 Å². The van der Waals surface area contributed by atoms with Gasteiger partial charge in [0.2, 0.25) is 0 Å². The van der Waals surface area contributed by atoms with Gasteiger partial charge >= 0.3 is 0 Å². The van der Waals surface area contributed by atoms with Crippen LogP contribution in [0.4, 0.5) is 0 Å². The van der Waals surface area contributed by atoms with Crippen molar-refractivity contribution < 1.29 is 0 Å². The number of allylic oxidation sites excluding steroid dienone is 2. The summed E-state index contributed by atoms with van der Waals surface area (Å²) < 4.78 is 0. The van der Waals surface area contributed by atoms with Crippen molar-refractivity contribution in [3.8, 4) is 0 Å². The molecule has 0 fully saturated rings. The highest BCUT2D eigenvalue weighted by atomic mass is 35.5. The van der Waals surface area contributed by atoms with E-state index in [2.05, 4.69) is 22.9 Å².